The Labute approximate surface area is 222 Å². The monoisotopic (exact) mass is 529 g/mol. The van der Waals surface area contributed by atoms with E-state index in [0.29, 0.717) is 32.4 Å². The first-order chi connectivity index (χ1) is 16.7. The summed E-state index contributed by atoms with van der Waals surface area (Å²) in [5, 5.41) is 9.63. The predicted octanol–water partition coefficient (Wildman–Crippen LogP) is 8.40. The summed E-state index contributed by atoms with van der Waals surface area (Å²) >= 11 is 18.9. The third-order valence-electron chi connectivity index (χ3n) is 6.80. The number of nitrogens with zero attached hydrogens (tertiary/aromatic N) is 2. The Morgan fingerprint density at radius 2 is 1.80 bits per heavy atom. The third kappa shape index (κ3) is 5.94. The van der Waals surface area contributed by atoms with Gasteiger partial charge in [-0.05, 0) is 87.1 Å². The predicted molar refractivity (Wildman–Crippen MR) is 147 cm³/mol. The molecule has 1 saturated carbocycles. The van der Waals surface area contributed by atoms with E-state index in [-0.39, 0.29) is 11.9 Å². The number of carbonyl (C=O) groups is 1. The van der Waals surface area contributed by atoms with Crippen LogP contribution in [0.25, 0.3) is 17.3 Å². The molecule has 4 rings (SSSR count). The van der Waals surface area contributed by atoms with E-state index in [2.05, 4.69) is 12.2 Å². The maximum absolute atomic E-state index is 13.4. The highest BCUT2D eigenvalue weighted by atomic mass is 35.5. The summed E-state index contributed by atoms with van der Waals surface area (Å²) in [6.07, 6.45) is 8.08. The van der Waals surface area contributed by atoms with Crippen LogP contribution in [0.2, 0.25) is 15.1 Å². The molecule has 1 fully saturated rings. The van der Waals surface area contributed by atoms with Gasteiger partial charge in [0.1, 0.15) is 0 Å². The van der Waals surface area contributed by atoms with Crippen molar-refractivity contribution in [3.63, 3.8) is 0 Å². The normalized spacial score (nSPS) is 15.8. The molecule has 1 aliphatic carbocycles. The Morgan fingerprint density at radius 1 is 1.09 bits per heavy atom. The van der Waals surface area contributed by atoms with Gasteiger partial charge in [0.2, 0.25) is 0 Å². The molecule has 0 aliphatic heterocycles. The van der Waals surface area contributed by atoms with Crippen LogP contribution in [-0.2, 0) is 0 Å². The van der Waals surface area contributed by atoms with E-state index in [1.54, 1.807) is 16.8 Å². The first-order valence-corrected chi connectivity index (χ1v) is 13.2. The Kier molecular flexibility index (Phi) is 8.26. The summed E-state index contributed by atoms with van der Waals surface area (Å²) in [5.41, 5.74) is 4.55. The highest BCUT2D eigenvalue weighted by Gasteiger charge is 2.26. The van der Waals surface area contributed by atoms with Crippen molar-refractivity contribution in [3.8, 4) is 5.69 Å². The number of allylic oxidation sites excluding steroid dienone is 1. The average Bonchev–Trinajstić information content (AvgIpc) is 3.16. The van der Waals surface area contributed by atoms with Gasteiger partial charge < -0.3 is 5.32 Å². The molecule has 2 aromatic carbocycles. The van der Waals surface area contributed by atoms with E-state index >= 15 is 0 Å². The van der Waals surface area contributed by atoms with Gasteiger partial charge in [-0.15, -0.1) is 0 Å². The highest BCUT2D eigenvalue weighted by Crippen LogP contribution is 2.32. The number of nitrogens with one attached hydrogen (secondary N) is 1. The molecule has 0 saturated heterocycles. The number of hydrogen-bond donors (Lipinski definition) is 1. The minimum Gasteiger partial charge on any atom is -0.348 e. The molecule has 184 valence electrons. The van der Waals surface area contributed by atoms with Gasteiger partial charge in [-0.3, -0.25) is 4.79 Å². The zero-order valence-corrected chi connectivity index (χ0v) is 22.5. The summed E-state index contributed by atoms with van der Waals surface area (Å²) in [6, 6.07) is 13.0. The number of halogens is 3. The molecule has 1 aliphatic rings. The summed E-state index contributed by atoms with van der Waals surface area (Å²) in [4.78, 5) is 13.4. The van der Waals surface area contributed by atoms with E-state index in [1.165, 1.54) is 19.3 Å². The van der Waals surface area contributed by atoms with E-state index in [1.807, 2.05) is 50.3 Å². The molecule has 1 aromatic heterocycles. The molecule has 7 heteroatoms. The molecule has 3 aromatic rings. The Hall–Kier alpha value is -2.27. The maximum Gasteiger partial charge on any atom is 0.272 e. The van der Waals surface area contributed by atoms with Crippen molar-refractivity contribution >= 4 is 52.4 Å². The fourth-order valence-electron chi connectivity index (χ4n) is 4.94. The zero-order valence-electron chi connectivity index (χ0n) is 20.2. The van der Waals surface area contributed by atoms with Gasteiger partial charge in [0.05, 0.1) is 16.4 Å². The number of benzene rings is 2. The van der Waals surface area contributed by atoms with Gasteiger partial charge in [0.15, 0.2) is 5.69 Å². The van der Waals surface area contributed by atoms with Gasteiger partial charge in [0, 0.05) is 21.7 Å². The fourth-order valence-corrected chi connectivity index (χ4v) is 5.63. The van der Waals surface area contributed by atoms with E-state index in [4.69, 9.17) is 39.9 Å². The molecule has 0 unspecified atom stereocenters. The summed E-state index contributed by atoms with van der Waals surface area (Å²) in [6.45, 7) is 6.03. The van der Waals surface area contributed by atoms with Crippen LogP contribution < -0.4 is 5.32 Å². The number of amides is 1. The van der Waals surface area contributed by atoms with Crippen molar-refractivity contribution in [3.05, 3.63) is 80.0 Å². The van der Waals surface area contributed by atoms with Crippen LogP contribution in [0.3, 0.4) is 0 Å². The second kappa shape index (κ2) is 11.2. The summed E-state index contributed by atoms with van der Waals surface area (Å²) in [7, 11) is 0. The number of rotatable bonds is 6. The molecule has 1 amide bonds. The lowest BCUT2D eigenvalue weighted by molar-refractivity contribution is 0.0913. The van der Waals surface area contributed by atoms with E-state index in [0.717, 1.165) is 35.2 Å². The van der Waals surface area contributed by atoms with Crippen molar-refractivity contribution < 1.29 is 4.79 Å². The average molecular weight is 531 g/mol. The van der Waals surface area contributed by atoms with Crippen LogP contribution in [0, 0.1) is 12.8 Å². The van der Waals surface area contributed by atoms with Crippen LogP contribution in [-0.4, -0.2) is 21.7 Å². The van der Waals surface area contributed by atoms with Crippen LogP contribution in [0.5, 0.6) is 0 Å². The molecule has 1 heterocycles. The number of hydrogen-bond acceptors (Lipinski definition) is 2. The Balaban J connectivity index is 1.76. The van der Waals surface area contributed by atoms with Crippen LogP contribution in [0.1, 0.15) is 73.3 Å². The van der Waals surface area contributed by atoms with Crippen molar-refractivity contribution in [2.24, 2.45) is 5.92 Å². The first kappa shape index (κ1) is 25.8. The number of carbonyl (C=O) groups excluding carboxylic acids is 1. The molecule has 4 nitrogen and oxygen atoms in total. The van der Waals surface area contributed by atoms with Crippen LogP contribution >= 0.6 is 34.8 Å². The van der Waals surface area contributed by atoms with Gasteiger partial charge in [-0.1, -0.05) is 66.2 Å². The number of aromatic nitrogens is 2. The molecule has 1 atom stereocenters. The van der Waals surface area contributed by atoms with Gasteiger partial charge in [-0.25, -0.2) is 4.68 Å². The zero-order chi connectivity index (χ0) is 25.1. The minimum absolute atomic E-state index is 0.0954. The molecule has 0 bridgehead atoms. The highest BCUT2D eigenvalue weighted by molar-refractivity contribution is 6.35. The topological polar surface area (TPSA) is 46.9 Å². The Bertz CT molecular complexity index is 1260. The lowest BCUT2D eigenvalue weighted by atomic mass is 9.84. The molecule has 0 radical (unpaired) electrons. The quantitative estimate of drug-likeness (QED) is 0.348. The van der Waals surface area contributed by atoms with E-state index < -0.39 is 0 Å². The molecular formula is C28H30Cl3N3O. The van der Waals surface area contributed by atoms with Crippen molar-refractivity contribution in [1.82, 2.24) is 15.1 Å². The molecular weight excluding hydrogens is 501 g/mol. The fraction of sp³-hybridized carbons (Fsp3) is 0.357. The standard InChI is InChI=1S/C28H30Cl3N3O/c1-17(14-20-8-7-11-22(29)15-20)27-18(2)26(28(35)32-19(3)21-9-5-4-6-10-21)33-34(27)25-13-12-23(30)16-24(25)31/h7-8,11-16,19,21H,4-6,9-10H2,1-3H3,(H,32,35)/b17-14+/t19-/m1/s1. The summed E-state index contributed by atoms with van der Waals surface area (Å²) < 4.78 is 1.74. The van der Waals surface area contributed by atoms with Gasteiger partial charge in [0.25, 0.3) is 5.91 Å². The lowest BCUT2D eigenvalue weighted by Gasteiger charge is -2.28. The first-order valence-electron chi connectivity index (χ1n) is 12.0. The smallest absolute Gasteiger partial charge is 0.272 e. The maximum atomic E-state index is 13.4. The molecule has 35 heavy (non-hydrogen) atoms. The largest absolute Gasteiger partial charge is 0.348 e. The second-order valence-electron chi connectivity index (χ2n) is 9.37. The SMILES string of the molecule is C/C(=C\c1cccc(Cl)c1)c1c(C)c(C(=O)N[C@H](C)C2CCCCC2)nn1-c1ccc(Cl)cc1Cl. The third-order valence-corrected chi connectivity index (χ3v) is 7.57. The van der Waals surface area contributed by atoms with Crippen LogP contribution in [0.4, 0.5) is 0 Å². The minimum atomic E-state index is -0.166. The summed E-state index contributed by atoms with van der Waals surface area (Å²) in [5.74, 6) is 0.339. The lowest BCUT2D eigenvalue weighted by Crippen LogP contribution is -2.39. The van der Waals surface area contributed by atoms with Gasteiger partial charge >= 0.3 is 0 Å². The van der Waals surface area contributed by atoms with Crippen molar-refractivity contribution in [2.45, 2.75) is 58.9 Å². The van der Waals surface area contributed by atoms with Crippen molar-refractivity contribution in [1.29, 1.82) is 0 Å². The Morgan fingerprint density at radius 3 is 2.49 bits per heavy atom. The second-order valence-corrected chi connectivity index (χ2v) is 10.7. The van der Waals surface area contributed by atoms with E-state index in [9.17, 15) is 4.79 Å². The molecule has 1 N–H and O–H groups in total. The molecule has 0 spiro atoms. The van der Waals surface area contributed by atoms with Gasteiger partial charge in [-0.2, -0.15) is 5.10 Å². The van der Waals surface area contributed by atoms with Crippen LogP contribution in [0.15, 0.2) is 42.5 Å². The van der Waals surface area contributed by atoms with Crippen molar-refractivity contribution in [2.75, 3.05) is 0 Å².